The maximum Gasteiger partial charge on any atom is 0.239 e. The lowest BCUT2D eigenvalue weighted by molar-refractivity contribution is -0.137. The lowest BCUT2D eigenvalue weighted by Crippen LogP contribution is -2.48. The molecule has 0 N–H and O–H groups in total. The number of nitriles is 1. The largest absolute Gasteiger partial charge is 0.341 e. The highest BCUT2D eigenvalue weighted by Crippen LogP contribution is 2.26. The van der Waals surface area contributed by atoms with Crippen LogP contribution in [0, 0.1) is 23.2 Å². The van der Waals surface area contributed by atoms with E-state index in [2.05, 4.69) is 19.9 Å². The summed E-state index contributed by atoms with van der Waals surface area (Å²) in [5.41, 5.74) is 0. The van der Waals surface area contributed by atoms with Gasteiger partial charge in [0.05, 0.1) is 18.7 Å². The summed E-state index contributed by atoms with van der Waals surface area (Å²) in [7, 11) is 0. The maximum atomic E-state index is 12.5. The van der Waals surface area contributed by atoms with Crippen molar-refractivity contribution in [2.45, 2.75) is 45.6 Å². The Kier molecular flexibility index (Phi) is 4.81. The lowest BCUT2D eigenvalue weighted by atomic mass is 9.86. The van der Waals surface area contributed by atoms with Crippen molar-refractivity contribution in [3.63, 3.8) is 0 Å². The van der Waals surface area contributed by atoms with Crippen LogP contribution in [-0.4, -0.2) is 47.9 Å². The summed E-state index contributed by atoms with van der Waals surface area (Å²) in [5, 5.41) is 8.82. The van der Waals surface area contributed by atoms with Crippen LogP contribution < -0.4 is 0 Å². The molecule has 0 spiro atoms. The highest BCUT2D eigenvalue weighted by Gasteiger charge is 2.35. The van der Waals surface area contributed by atoms with E-state index in [1.165, 1.54) is 0 Å². The highest BCUT2D eigenvalue weighted by atomic mass is 16.2. The average Bonchev–Trinajstić information content (AvgIpc) is 2.87. The Morgan fingerprint density at radius 1 is 1.26 bits per heavy atom. The first-order valence-corrected chi connectivity index (χ1v) is 7.53. The Hall–Kier alpha value is -1.08. The van der Waals surface area contributed by atoms with Crippen molar-refractivity contribution in [2.75, 3.05) is 26.2 Å². The Labute approximate surface area is 116 Å². The quantitative estimate of drug-likeness (QED) is 0.730. The number of amides is 1. The van der Waals surface area contributed by atoms with Gasteiger partial charge in [-0.3, -0.25) is 9.69 Å². The molecule has 2 heterocycles. The van der Waals surface area contributed by atoms with Gasteiger partial charge in [0.2, 0.25) is 5.91 Å². The van der Waals surface area contributed by atoms with Crippen LogP contribution in [0.15, 0.2) is 0 Å². The number of carbonyl (C=O) groups is 1. The van der Waals surface area contributed by atoms with Crippen LogP contribution in [0.5, 0.6) is 0 Å². The van der Waals surface area contributed by atoms with Crippen LogP contribution in [0.2, 0.25) is 0 Å². The third-order valence-electron chi connectivity index (χ3n) is 4.72. The molecule has 4 nitrogen and oxygen atoms in total. The summed E-state index contributed by atoms with van der Waals surface area (Å²) in [6.07, 6.45) is 4.23. The van der Waals surface area contributed by atoms with Crippen LogP contribution in [0.25, 0.3) is 0 Å². The number of rotatable bonds is 3. The van der Waals surface area contributed by atoms with Crippen molar-refractivity contribution in [2.24, 2.45) is 11.8 Å². The van der Waals surface area contributed by atoms with E-state index in [4.69, 9.17) is 5.26 Å². The van der Waals surface area contributed by atoms with E-state index in [1.54, 1.807) is 0 Å². The van der Waals surface area contributed by atoms with Crippen LogP contribution in [0.4, 0.5) is 0 Å². The van der Waals surface area contributed by atoms with E-state index in [0.717, 1.165) is 57.2 Å². The summed E-state index contributed by atoms with van der Waals surface area (Å²) in [6.45, 7) is 7.63. The summed E-state index contributed by atoms with van der Waals surface area (Å²) in [4.78, 5) is 16.6. The van der Waals surface area contributed by atoms with Crippen LogP contribution >= 0.6 is 0 Å². The Morgan fingerprint density at radius 3 is 2.53 bits per heavy atom. The van der Waals surface area contributed by atoms with Crippen molar-refractivity contribution < 1.29 is 4.79 Å². The molecule has 0 bridgehead atoms. The van der Waals surface area contributed by atoms with E-state index < -0.39 is 0 Å². The van der Waals surface area contributed by atoms with Crippen LogP contribution in [-0.2, 0) is 4.79 Å². The van der Waals surface area contributed by atoms with Crippen molar-refractivity contribution >= 4 is 5.91 Å². The standard InChI is InChI=1S/C15H25N3O/c1-12(2)13-5-9-18(10-6-13)15(19)14-4-3-8-17(14)11-7-16/h12-14H,3-6,8-11H2,1-2H3/t14-/m0/s1. The molecule has 0 aliphatic carbocycles. The minimum atomic E-state index is -0.0322. The molecule has 2 fully saturated rings. The van der Waals surface area contributed by atoms with Gasteiger partial charge in [0.1, 0.15) is 0 Å². The second-order valence-electron chi connectivity index (χ2n) is 6.19. The van der Waals surface area contributed by atoms with Gasteiger partial charge in [0.15, 0.2) is 0 Å². The molecule has 0 unspecified atom stereocenters. The van der Waals surface area contributed by atoms with Crippen molar-refractivity contribution in [3.8, 4) is 6.07 Å². The third-order valence-corrected chi connectivity index (χ3v) is 4.72. The minimum absolute atomic E-state index is 0.0322. The average molecular weight is 263 g/mol. The predicted octanol–water partition coefficient (Wildman–Crippen LogP) is 1.87. The van der Waals surface area contributed by atoms with Crippen molar-refractivity contribution in [3.05, 3.63) is 0 Å². The topological polar surface area (TPSA) is 47.3 Å². The normalized spacial score (nSPS) is 25.8. The smallest absolute Gasteiger partial charge is 0.239 e. The first-order chi connectivity index (χ1) is 9.13. The SMILES string of the molecule is CC(C)C1CCN(C(=O)[C@@H]2CCCN2CC#N)CC1. The Balaban J connectivity index is 1.89. The number of hydrogen-bond donors (Lipinski definition) is 0. The summed E-state index contributed by atoms with van der Waals surface area (Å²) in [5.74, 6) is 1.75. The van der Waals surface area contributed by atoms with E-state index in [0.29, 0.717) is 6.54 Å². The maximum absolute atomic E-state index is 12.5. The van der Waals surface area contributed by atoms with Crippen molar-refractivity contribution in [1.29, 1.82) is 5.26 Å². The fourth-order valence-electron chi connectivity index (χ4n) is 3.38. The second-order valence-corrected chi connectivity index (χ2v) is 6.19. The molecule has 0 aromatic rings. The van der Waals surface area contributed by atoms with Gasteiger partial charge in [0, 0.05) is 19.6 Å². The third kappa shape index (κ3) is 3.27. The zero-order chi connectivity index (χ0) is 13.8. The highest BCUT2D eigenvalue weighted by molar-refractivity contribution is 5.82. The van der Waals surface area contributed by atoms with Gasteiger partial charge >= 0.3 is 0 Å². The molecule has 0 aromatic heterocycles. The zero-order valence-corrected chi connectivity index (χ0v) is 12.1. The number of nitrogens with zero attached hydrogens (tertiary/aromatic N) is 3. The molecular weight excluding hydrogens is 238 g/mol. The van der Waals surface area contributed by atoms with Crippen LogP contribution in [0.3, 0.4) is 0 Å². The number of hydrogen-bond acceptors (Lipinski definition) is 3. The van der Waals surface area contributed by atoms with Gasteiger partial charge < -0.3 is 4.90 Å². The number of likely N-dealkylation sites (tertiary alicyclic amines) is 2. The summed E-state index contributed by atoms with van der Waals surface area (Å²) < 4.78 is 0. The van der Waals surface area contributed by atoms with E-state index in [1.807, 2.05) is 9.80 Å². The molecule has 4 heteroatoms. The molecular formula is C15H25N3O. The van der Waals surface area contributed by atoms with Gasteiger partial charge in [-0.2, -0.15) is 5.26 Å². The van der Waals surface area contributed by atoms with Gasteiger partial charge in [0.25, 0.3) is 0 Å². The van der Waals surface area contributed by atoms with Gasteiger partial charge in [-0.05, 0) is 37.5 Å². The molecule has 0 saturated carbocycles. The minimum Gasteiger partial charge on any atom is -0.341 e. The molecule has 1 atom stereocenters. The molecule has 0 aromatic carbocycles. The summed E-state index contributed by atoms with van der Waals surface area (Å²) in [6, 6.07) is 2.14. The predicted molar refractivity (Wildman–Crippen MR) is 74.4 cm³/mol. The molecule has 2 saturated heterocycles. The fourth-order valence-corrected chi connectivity index (χ4v) is 3.38. The van der Waals surface area contributed by atoms with E-state index in [-0.39, 0.29) is 11.9 Å². The fraction of sp³-hybridized carbons (Fsp3) is 0.867. The van der Waals surface area contributed by atoms with Crippen LogP contribution in [0.1, 0.15) is 39.5 Å². The van der Waals surface area contributed by atoms with Gasteiger partial charge in [-0.25, -0.2) is 0 Å². The van der Waals surface area contributed by atoms with E-state index >= 15 is 0 Å². The monoisotopic (exact) mass is 263 g/mol. The Bertz CT molecular complexity index is 353. The summed E-state index contributed by atoms with van der Waals surface area (Å²) >= 11 is 0. The number of piperidine rings is 1. The first kappa shape index (κ1) is 14.3. The number of carbonyl (C=O) groups excluding carboxylic acids is 1. The lowest BCUT2D eigenvalue weighted by Gasteiger charge is -2.36. The molecule has 1 amide bonds. The molecule has 2 aliphatic rings. The van der Waals surface area contributed by atoms with Gasteiger partial charge in [-0.15, -0.1) is 0 Å². The first-order valence-electron chi connectivity index (χ1n) is 7.53. The molecule has 0 radical (unpaired) electrons. The van der Waals surface area contributed by atoms with Crippen molar-refractivity contribution in [1.82, 2.24) is 9.80 Å². The van der Waals surface area contributed by atoms with Gasteiger partial charge in [-0.1, -0.05) is 13.8 Å². The molecule has 2 aliphatic heterocycles. The zero-order valence-electron chi connectivity index (χ0n) is 12.1. The Morgan fingerprint density at radius 2 is 1.95 bits per heavy atom. The molecule has 2 rings (SSSR count). The molecule has 19 heavy (non-hydrogen) atoms. The molecule has 106 valence electrons. The second kappa shape index (κ2) is 6.38. The van der Waals surface area contributed by atoms with E-state index in [9.17, 15) is 4.79 Å².